The lowest BCUT2D eigenvalue weighted by Gasteiger charge is -2.31. The molecule has 2 aliphatic heterocycles. The lowest BCUT2D eigenvalue weighted by molar-refractivity contribution is -0.138. The average Bonchev–Trinajstić information content (AvgIpc) is 3.27. The van der Waals surface area contributed by atoms with Gasteiger partial charge in [0.15, 0.2) is 11.5 Å². The third-order valence-electron chi connectivity index (χ3n) is 5.77. The van der Waals surface area contributed by atoms with Gasteiger partial charge in [0.2, 0.25) is 5.91 Å². The van der Waals surface area contributed by atoms with Gasteiger partial charge in [-0.25, -0.2) is 5.43 Å². The average molecular weight is 437 g/mol. The Morgan fingerprint density at radius 3 is 2.62 bits per heavy atom. The van der Waals surface area contributed by atoms with Gasteiger partial charge in [-0.1, -0.05) is 36.4 Å². The summed E-state index contributed by atoms with van der Waals surface area (Å²) in [7, 11) is 3.19. The number of hydrazine groups is 1. The highest BCUT2D eigenvalue weighted by molar-refractivity contribution is 5.89. The van der Waals surface area contributed by atoms with E-state index in [2.05, 4.69) is 10.7 Å². The summed E-state index contributed by atoms with van der Waals surface area (Å²) in [6.07, 6.45) is 4.79. The maximum Gasteiger partial charge on any atom is 0.251 e. The highest BCUT2D eigenvalue weighted by atomic mass is 16.5. The van der Waals surface area contributed by atoms with E-state index >= 15 is 0 Å². The molecule has 2 aliphatic rings. The number of nitrogens with zero attached hydrogens (tertiary/aromatic N) is 2. The molecule has 0 aliphatic carbocycles. The molecule has 4 rings (SSSR count). The summed E-state index contributed by atoms with van der Waals surface area (Å²) in [4.78, 5) is 26.9. The topological polar surface area (TPSA) is 83.1 Å². The van der Waals surface area contributed by atoms with Crippen molar-refractivity contribution in [2.75, 3.05) is 27.3 Å². The lowest BCUT2D eigenvalue weighted by atomic mass is 10.0. The molecule has 2 unspecified atom stereocenters. The van der Waals surface area contributed by atoms with Crippen LogP contribution in [0.15, 0.2) is 60.9 Å². The molecule has 168 valence electrons. The van der Waals surface area contributed by atoms with Crippen molar-refractivity contribution in [3.05, 3.63) is 72.1 Å². The molecular formula is C24H28N4O4. The molecule has 8 nitrogen and oxygen atoms in total. The fraction of sp³-hybridized carbons (Fsp3) is 0.333. The van der Waals surface area contributed by atoms with E-state index in [1.165, 1.54) is 4.90 Å². The second-order valence-corrected chi connectivity index (χ2v) is 7.80. The number of carbonyl (C=O) groups excluding carboxylic acids is 2. The van der Waals surface area contributed by atoms with E-state index in [0.717, 1.165) is 11.1 Å². The van der Waals surface area contributed by atoms with Crippen molar-refractivity contribution in [1.82, 2.24) is 20.7 Å². The molecule has 2 amide bonds. The third kappa shape index (κ3) is 4.70. The Labute approximate surface area is 187 Å². The van der Waals surface area contributed by atoms with Crippen LogP contribution in [0.25, 0.3) is 0 Å². The molecule has 0 bridgehead atoms. The second kappa shape index (κ2) is 9.74. The van der Waals surface area contributed by atoms with Crippen LogP contribution >= 0.6 is 0 Å². The zero-order valence-electron chi connectivity index (χ0n) is 18.3. The number of rotatable bonds is 8. The van der Waals surface area contributed by atoms with Crippen LogP contribution < -0.4 is 20.2 Å². The summed E-state index contributed by atoms with van der Waals surface area (Å²) in [6.45, 7) is 0.467. The molecule has 2 N–H and O–H groups in total. The Hall–Kier alpha value is -3.52. The van der Waals surface area contributed by atoms with Gasteiger partial charge < -0.3 is 24.7 Å². The van der Waals surface area contributed by atoms with Gasteiger partial charge in [-0.15, -0.1) is 0 Å². The van der Waals surface area contributed by atoms with Crippen LogP contribution in [0.3, 0.4) is 0 Å². The van der Waals surface area contributed by atoms with Gasteiger partial charge in [-0.2, -0.15) is 0 Å². The van der Waals surface area contributed by atoms with Crippen molar-refractivity contribution in [1.29, 1.82) is 0 Å². The number of hydrogen-bond donors (Lipinski definition) is 2. The Kier molecular flexibility index (Phi) is 6.61. The maximum absolute atomic E-state index is 12.9. The number of amides is 2. The smallest absolute Gasteiger partial charge is 0.251 e. The van der Waals surface area contributed by atoms with E-state index in [-0.39, 0.29) is 30.4 Å². The zero-order chi connectivity index (χ0) is 22.5. The van der Waals surface area contributed by atoms with E-state index in [1.807, 2.05) is 59.7 Å². The highest BCUT2D eigenvalue weighted by Gasteiger charge is 2.40. The first kappa shape index (κ1) is 21.7. The summed E-state index contributed by atoms with van der Waals surface area (Å²) >= 11 is 0. The van der Waals surface area contributed by atoms with Crippen molar-refractivity contribution in [2.24, 2.45) is 0 Å². The summed E-state index contributed by atoms with van der Waals surface area (Å²) < 4.78 is 10.6. The van der Waals surface area contributed by atoms with Crippen molar-refractivity contribution < 1.29 is 19.1 Å². The van der Waals surface area contributed by atoms with E-state index in [1.54, 1.807) is 20.4 Å². The molecule has 8 heteroatoms. The first-order valence-corrected chi connectivity index (χ1v) is 10.6. The largest absolute Gasteiger partial charge is 0.493 e. The monoisotopic (exact) mass is 436 g/mol. The number of methoxy groups -OCH3 is 2. The Bertz CT molecular complexity index is 995. The van der Waals surface area contributed by atoms with Crippen LogP contribution in [0.5, 0.6) is 11.5 Å². The van der Waals surface area contributed by atoms with E-state index in [0.29, 0.717) is 30.9 Å². The Morgan fingerprint density at radius 1 is 1.09 bits per heavy atom. The maximum atomic E-state index is 12.9. The van der Waals surface area contributed by atoms with E-state index in [4.69, 9.17) is 9.47 Å². The summed E-state index contributed by atoms with van der Waals surface area (Å²) in [6, 6.07) is 15.5. The van der Waals surface area contributed by atoms with Crippen LogP contribution in [-0.4, -0.2) is 55.1 Å². The van der Waals surface area contributed by atoms with Crippen LogP contribution in [0.2, 0.25) is 0 Å². The second-order valence-electron chi connectivity index (χ2n) is 7.80. The van der Waals surface area contributed by atoms with Gasteiger partial charge >= 0.3 is 0 Å². The molecule has 2 atom stereocenters. The SMILES string of the molecule is COc1ccc(CCNC(=O)CN2C=CN3NC(c4ccccc4)CC3C2=O)cc1OC. The summed E-state index contributed by atoms with van der Waals surface area (Å²) in [5.74, 6) is 1.06. The van der Waals surface area contributed by atoms with Crippen LogP contribution in [0.1, 0.15) is 23.6 Å². The van der Waals surface area contributed by atoms with Gasteiger partial charge in [0.1, 0.15) is 12.6 Å². The molecule has 0 saturated carbocycles. The van der Waals surface area contributed by atoms with Crippen molar-refractivity contribution in [3.63, 3.8) is 0 Å². The normalized spacial score (nSPS) is 19.6. The Balaban J connectivity index is 1.27. The molecule has 0 spiro atoms. The summed E-state index contributed by atoms with van der Waals surface area (Å²) in [5.41, 5.74) is 5.53. The lowest BCUT2D eigenvalue weighted by Crippen LogP contribution is -2.50. The first-order chi connectivity index (χ1) is 15.6. The molecule has 2 aromatic carbocycles. The molecule has 0 radical (unpaired) electrons. The number of fused-ring (bicyclic) bond motifs is 1. The van der Waals surface area contributed by atoms with Crippen molar-refractivity contribution in [2.45, 2.75) is 24.9 Å². The minimum Gasteiger partial charge on any atom is -0.493 e. The van der Waals surface area contributed by atoms with Crippen LogP contribution in [0, 0.1) is 0 Å². The number of carbonyl (C=O) groups is 2. The molecule has 1 fully saturated rings. The van der Waals surface area contributed by atoms with Gasteiger partial charge in [-0.3, -0.25) is 9.59 Å². The number of nitrogens with one attached hydrogen (secondary N) is 2. The van der Waals surface area contributed by atoms with E-state index in [9.17, 15) is 9.59 Å². The van der Waals surface area contributed by atoms with Gasteiger partial charge in [-0.05, 0) is 36.1 Å². The van der Waals surface area contributed by atoms with E-state index < -0.39 is 0 Å². The molecule has 1 saturated heterocycles. The van der Waals surface area contributed by atoms with Crippen LogP contribution in [0.4, 0.5) is 0 Å². The molecule has 32 heavy (non-hydrogen) atoms. The van der Waals surface area contributed by atoms with Crippen molar-refractivity contribution in [3.8, 4) is 11.5 Å². The number of hydrogen-bond acceptors (Lipinski definition) is 6. The highest BCUT2D eigenvalue weighted by Crippen LogP contribution is 2.30. The molecule has 0 aromatic heterocycles. The number of benzene rings is 2. The van der Waals surface area contributed by atoms with Gasteiger partial charge in [0.25, 0.3) is 5.91 Å². The number of ether oxygens (including phenoxy) is 2. The summed E-state index contributed by atoms with van der Waals surface area (Å²) in [5, 5.41) is 4.73. The standard InChI is InChI=1S/C24H28N4O4/c1-31-21-9-8-17(14-22(21)32-2)10-11-25-23(29)16-27-12-13-28-20(24(27)30)15-19(26-28)18-6-4-3-5-7-18/h3-9,12-14,19-20,26H,10-11,15-16H2,1-2H3,(H,25,29). The van der Waals surface area contributed by atoms with Gasteiger partial charge in [0, 0.05) is 18.9 Å². The molecular weight excluding hydrogens is 408 g/mol. The minimum atomic E-state index is -0.315. The minimum absolute atomic E-state index is 0.00160. The predicted octanol–water partition coefficient (Wildman–Crippen LogP) is 2.00. The fourth-order valence-corrected chi connectivity index (χ4v) is 4.06. The molecule has 2 heterocycles. The molecule has 2 aromatic rings. The third-order valence-corrected chi connectivity index (χ3v) is 5.77. The quantitative estimate of drug-likeness (QED) is 0.659. The fourth-order valence-electron chi connectivity index (χ4n) is 4.06. The van der Waals surface area contributed by atoms with Crippen LogP contribution in [-0.2, 0) is 16.0 Å². The zero-order valence-corrected chi connectivity index (χ0v) is 18.3. The first-order valence-electron chi connectivity index (χ1n) is 10.6. The Morgan fingerprint density at radius 2 is 1.88 bits per heavy atom. The van der Waals surface area contributed by atoms with Gasteiger partial charge in [0.05, 0.1) is 20.3 Å². The predicted molar refractivity (Wildman–Crippen MR) is 120 cm³/mol. The van der Waals surface area contributed by atoms with Crippen molar-refractivity contribution >= 4 is 11.8 Å².